The van der Waals surface area contributed by atoms with E-state index >= 15 is 0 Å². The highest BCUT2D eigenvalue weighted by Gasteiger charge is 2.18. The Hall–Kier alpha value is -3.75. The van der Waals surface area contributed by atoms with Gasteiger partial charge in [-0.05, 0) is 36.4 Å². The molecule has 28 heavy (non-hydrogen) atoms. The molecular formula is C19H19N3O6. The van der Waals surface area contributed by atoms with Crippen LogP contribution < -0.4 is 16.0 Å². The minimum atomic E-state index is -0.385. The Kier molecular flexibility index (Phi) is 6.29. The molecule has 0 saturated heterocycles. The maximum Gasteiger partial charge on any atom is 0.286 e. The van der Waals surface area contributed by atoms with Crippen LogP contribution in [0.2, 0.25) is 0 Å². The summed E-state index contributed by atoms with van der Waals surface area (Å²) in [7, 11) is 0. The van der Waals surface area contributed by atoms with Crippen molar-refractivity contribution in [2.75, 3.05) is 19.6 Å². The molecule has 0 bridgehead atoms. The van der Waals surface area contributed by atoms with Crippen molar-refractivity contribution in [2.24, 2.45) is 5.92 Å². The Labute approximate surface area is 160 Å². The van der Waals surface area contributed by atoms with E-state index in [-0.39, 0.29) is 60.6 Å². The first-order valence-electron chi connectivity index (χ1n) is 8.58. The molecule has 0 radical (unpaired) electrons. The first-order valence-corrected chi connectivity index (χ1v) is 8.58. The van der Waals surface area contributed by atoms with Crippen LogP contribution in [0.15, 0.2) is 68.4 Å². The van der Waals surface area contributed by atoms with E-state index in [2.05, 4.69) is 16.0 Å². The fourth-order valence-corrected chi connectivity index (χ4v) is 2.41. The molecule has 146 valence electrons. The number of carbonyl (C=O) groups excluding carboxylic acids is 3. The topological polar surface area (TPSA) is 127 Å². The van der Waals surface area contributed by atoms with Gasteiger partial charge < -0.3 is 29.2 Å². The van der Waals surface area contributed by atoms with E-state index < -0.39 is 0 Å². The predicted molar refractivity (Wildman–Crippen MR) is 96.6 cm³/mol. The lowest BCUT2D eigenvalue weighted by atomic mass is 10.1. The van der Waals surface area contributed by atoms with Crippen LogP contribution in [0.1, 0.15) is 31.7 Å². The summed E-state index contributed by atoms with van der Waals surface area (Å²) in [5.74, 6) is -0.898. The van der Waals surface area contributed by atoms with Gasteiger partial charge in [0.15, 0.2) is 17.3 Å². The van der Waals surface area contributed by atoms with Crippen molar-refractivity contribution < 1.29 is 27.6 Å². The molecule has 3 amide bonds. The summed E-state index contributed by atoms with van der Waals surface area (Å²) >= 11 is 0. The van der Waals surface area contributed by atoms with Gasteiger partial charge >= 0.3 is 0 Å². The lowest BCUT2D eigenvalue weighted by Crippen LogP contribution is -2.42. The molecule has 0 fully saturated rings. The number of hydrogen-bond acceptors (Lipinski definition) is 6. The minimum Gasteiger partial charge on any atom is -0.459 e. The maximum atomic E-state index is 12.1. The van der Waals surface area contributed by atoms with E-state index in [4.69, 9.17) is 13.3 Å². The Balaban J connectivity index is 1.55. The molecule has 9 nitrogen and oxygen atoms in total. The average Bonchev–Trinajstić information content (AvgIpc) is 3.48. The molecule has 3 aromatic heterocycles. The van der Waals surface area contributed by atoms with Gasteiger partial charge in [-0.15, -0.1) is 0 Å². The van der Waals surface area contributed by atoms with Crippen LogP contribution in [0, 0.1) is 5.92 Å². The van der Waals surface area contributed by atoms with Crippen molar-refractivity contribution in [2.45, 2.75) is 0 Å². The van der Waals surface area contributed by atoms with Gasteiger partial charge in [0, 0.05) is 25.6 Å². The second kappa shape index (κ2) is 9.26. The lowest BCUT2D eigenvalue weighted by molar-refractivity contribution is 0.0903. The van der Waals surface area contributed by atoms with E-state index in [1.165, 1.54) is 18.8 Å². The van der Waals surface area contributed by atoms with Gasteiger partial charge in [0.1, 0.15) is 0 Å². The van der Waals surface area contributed by atoms with E-state index in [0.29, 0.717) is 0 Å². The summed E-state index contributed by atoms with van der Waals surface area (Å²) < 4.78 is 15.1. The molecular weight excluding hydrogens is 366 g/mol. The molecule has 0 aliphatic carbocycles. The number of hydrogen-bond donors (Lipinski definition) is 3. The van der Waals surface area contributed by atoms with Crippen LogP contribution in [0.3, 0.4) is 0 Å². The largest absolute Gasteiger partial charge is 0.459 e. The van der Waals surface area contributed by atoms with Crippen molar-refractivity contribution in [1.29, 1.82) is 0 Å². The number of amides is 3. The number of nitrogens with one attached hydrogen (secondary N) is 3. The Morgan fingerprint density at radius 1 is 0.643 bits per heavy atom. The van der Waals surface area contributed by atoms with Crippen LogP contribution in [0.4, 0.5) is 0 Å². The fourth-order valence-electron chi connectivity index (χ4n) is 2.41. The Morgan fingerprint density at radius 3 is 1.21 bits per heavy atom. The summed E-state index contributed by atoms with van der Waals surface area (Å²) in [4.78, 5) is 36.2. The molecule has 3 aromatic rings. The number of rotatable bonds is 9. The van der Waals surface area contributed by atoms with E-state index in [0.717, 1.165) is 0 Å². The van der Waals surface area contributed by atoms with E-state index in [1.807, 2.05) is 0 Å². The van der Waals surface area contributed by atoms with Crippen molar-refractivity contribution in [3.63, 3.8) is 0 Å². The summed E-state index contributed by atoms with van der Waals surface area (Å²) in [6, 6.07) is 9.46. The molecule has 0 spiro atoms. The predicted octanol–water partition coefficient (Wildman–Crippen LogP) is 1.67. The van der Waals surface area contributed by atoms with Crippen molar-refractivity contribution in [3.8, 4) is 0 Å². The molecule has 0 aliphatic rings. The number of furan rings is 3. The van der Waals surface area contributed by atoms with E-state index in [1.54, 1.807) is 36.4 Å². The van der Waals surface area contributed by atoms with Gasteiger partial charge in [0.05, 0.1) is 18.8 Å². The second-order valence-corrected chi connectivity index (χ2v) is 5.93. The third kappa shape index (κ3) is 5.13. The highest BCUT2D eigenvalue weighted by Crippen LogP contribution is 2.04. The first-order chi connectivity index (χ1) is 13.6. The Bertz CT molecular complexity index is 765. The van der Waals surface area contributed by atoms with E-state index in [9.17, 15) is 14.4 Å². The summed E-state index contributed by atoms with van der Waals surface area (Å²) in [5, 5.41) is 8.16. The zero-order valence-electron chi connectivity index (χ0n) is 14.8. The lowest BCUT2D eigenvalue weighted by Gasteiger charge is -2.18. The van der Waals surface area contributed by atoms with Crippen molar-refractivity contribution >= 4 is 17.7 Å². The third-order valence-corrected chi connectivity index (χ3v) is 3.89. The molecule has 0 unspecified atom stereocenters. The normalized spacial score (nSPS) is 10.6. The fraction of sp³-hybridized carbons (Fsp3) is 0.211. The van der Waals surface area contributed by atoms with Gasteiger partial charge in [-0.25, -0.2) is 0 Å². The Morgan fingerprint density at radius 2 is 0.964 bits per heavy atom. The number of carbonyl (C=O) groups is 3. The molecule has 0 aromatic carbocycles. The van der Waals surface area contributed by atoms with Gasteiger partial charge in [-0.3, -0.25) is 14.4 Å². The summed E-state index contributed by atoms with van der Waals surface area (Å²) in [6.07, 6.45) is 4.21. The van der Waals surface area contributed by atoms with Gasteiger partial charge in [-0.1, -0.05) is 0 Å². The molecule has 0 atom stereocenters. The van der Waals surface area contributed by atoms with Crippen LogP contribution >= 0.6 is 0 Å². The van der Waals surface area contributed by atoms with Crippen LogP contribution in [-0.2, 0) is 0 Å². The first kappa shape index (κ1) is 19.0. The van der Waals surface area contributed by atoms with Crippen molar-refractivity contribution in [3.05, 3.63) is 72.5 Å². The SMILES string of the molecule is O=C(NCC(CNC(=O)c1ccco1)CNC(=O)c1ccco1)c1ccco1. The highest BCUT2D eigenvalue weighted by atomic mass is 16.3. The van der Waals surface area contributed by atoms with Gasteiger partial charge in [-0.2, -0.15) is 0 Å². The smallest absolute Gasteiger partial charge is 0.286 e. The molecule has 0 saturated carbocycles. The summed E-state index contributed by atoms with van der Waals surface area (Å²) in [5.41, 5.74) is 0. The molecule has 9 heteroatoms. The zero-order valence-corrected chi connectivity index (χ0v) is 14.8. The third-order valence-electron chi connectivity index (χ3n) is 3.89. The standard InChI is InChI=1S/C19H19N3O6/c23-17(14-4-1-7-26-14)20-10-13(11-21-18(24)15-5-2-8-27-15)12-22-19(25)16-6-3-9-28-16/h1-9,13H,10-12H2,(H,20,23)(H,21,24)(H,22,25). The minimum absolute atomic E-state index is 0.179. The van der Waals surface area contributed by atoms with Gasteiger partial charge in [0.25, 0.3) is 17.7 Å². The maximum absolute atomic E-state index is 12.1. The summed E-state index contributed by atoms with van der Waals surface area (Å²) in [6.45, 7) is 0.614. The van der Waals surface area contributed by atoms with Crippen LogP contribution in [-0.4, -0.2) is 37.4 Å². The second-order valence-electron chi connectivity index (χ2n) is 5.93. The molecule has 3 heterocycles. The quantitative estimate of drug-likeness (QED) is 0.514. The van der Waals surface area contributed by atoms with Crippen molar-refractivity contribution in [1.82, 2.24) is 16.0 Å². The molecule has 0 aliphatic heterocycles. The highest BCUT2D eigenvalue weighted by molar-refractivity contribution is 5.92. The molecule has 3 N–H and O–H groups in total. The monoisotopic (exact) mass is 385 g/mol. The molecule has 3 rings (SSSR count). The average molecular weight is 385 g/mol. The zero-order chi connectivity index (χ0) is 19.8. The van der Waals surface area contributed by atoms with Crippen LogP contribution in [0.25, 0.3) is 0 Å². The van der Waals surface area contributed by atoms with Gasteiger partial charge in [0.2, 0.25) is 0 Å². The van der Waals surface area contributed by atoms with Crippen LogP contribution in [0.5, 0.6) is 0 Å².